The Morgan fingerprint density at radius 3 is 2.85 bits per heavy atom. The predicted octanol–water partition coefficient (Wildman–Crippen LogP) is 2.67. The number of hydrogen-bond acceptors (Lipinski definition) is 4. The number of aromatic nitrogens is 3. The second-order valence-corrected chi connectivity index (χ2v) is 7.68. The van der Waals surface area contributed by atoms with Gasteiger partial charge in [0, 0.05) is 17.4 Å². The largest absolute Gasteiger partial charge is 0.330 e. The van der Waals surface area contributed by atoms with Gasteiger partial charge in [-0.3, -0.25) is 14.9 Å². The van der Waals surface area contributed by atoms with Gasteiger partial charge in [0.25, 0.3) is 0 Å². The summed E-state index contributed by atoms with van der Waals surface area (Å²) in [6.45, 7) is 5.06. The monoisotopic (exact) mass is 419 g/mol. The second-order valence-electron chi connectivity index (χ2n) is 6.76. The van der Waals surface area contributed by atoms with Crippen LogP contribution in [0.5, 0.6) is 0 Å². The Balaban J connectivity index is 1.67. The van der Waals surface area contributed by atoms with Crippen LogP contribution in [0.4, 0.5) is 5.95 Å². The van der Waals surface area contributed by atoms with Crippen molar-refractivity contribution in [2.24, 2.45) is 5.92 Å². The van der Waals surface area contributed by atoms with E-state index in [1.807, 2.05) is 38.1 Å². The average molecular weight is 420 g/mol. The summed E-state index contributed by atoms with van der Waals surface area (Å²) in [4.78, 5) is 30.5. The van der Waals surface area contributed by atoms with Gasteiger partial charge in [-0.25, -0.2) is 9.67 Å². The second kappa shape index (κ2) is 7.99. The normalized spacial score (nSPS) is 15.5. The summed E-state index contributed by atoms with van der Waals surface area (Å²) in [5, 5.41) is 7.07. The number of benzene rings is 1. The Bertz CT molecular complexity index is 804. The van der Waals surface area contributed by atoms with Crippen molar-refractivity contribution >= 4 is 33.7 Å². The molecule has 1 aromatic heterocycles. The van der Waals surface area contributed by atoms with Crippen molar-refractivity contribution in [2.45, 2.75) is 39.3 Å². The molecule has 138 valence electrons. The number of carbonyl (C=O) groups is 2. The van der Waals surface area contributed by atoms with Crippen molar-refractivity contribution in [2.75, 3.05) is 11.9 Å². The Kier molecular flexibility index (Phi) is 5.70. The Labute approximate surface area is 160 Å². The van der Waals surface area contributed by atoms with Gasteiger partial charge in [-0.05, 0) is 30.0 Å². The fraction of sp³-hybridized carbons (Fsp3) is 0.444. The molecule has 0 spiro atoms. The molecule has 8 heteroatoms. The van der Waals surface area contributed by atoms with E-state index in [-0.39, 0.29) is 23.7 Å². The van der Waals surface area contributed by atoms with Crippen LogP contribution >= 0.6 is 15.9 Å². The molecule has 1 N–H and O–H groups in total. The van der Waals surface area contributed by atoms with Crippen LogP contribution in [0, 0.1) is 5.92 Å². The van der Waals surface area contributed by atoms with Gasteiger partial charge < -0.3 is 4.90 Å². The van der Waals surface area contributed by atoms with Gasteiger partial charge in [0.1, 0.15) is 12.4 Å². The third-order valence-corrected chi connectivity index (χ3v) is 4.84. The molecule has 1 unspecified atom stereocenters. The molecule has 2 aromatic rings. The van der Waals surface area contributed by atoms with E-state index in [1.54, 1.807) is 15.9 Å². The molecule has 1 aromatic carbocycles. The molecule has 0 aliphatic carbocycles. The van der Waals surface area contributed by atoms with Gasteiger partial charge in [0.2, 0.25) is 17.8 Å². The molecule has 1 fully saturated rings. The van der Waals surface area contributed by atoms with Gasteiger partial charge in [-0.1, -0.05) is 41.9 Å². The van der Waals surface area contributed by atoms with Crippen LogP contribution in [-0.4, -0.2) is 44.1 Å². The van der Waals surface area contributed by atoms with Crippen LogP contribution in [0.1, 0.15) is 32.3 Å². The summed E-state index contributed by atoms with van der Waals surface area (Å²) >= 11 is 3.45. The van der Waals surface area contributed by atoms with E-state index in [1.165, 1.54) is 0 Å². The third-order valence-electron chi connectivity index (χ3n) is 4.35. The standard InChI is InChI=1S/C18H22BrN5O2/c1-12(2)16(24-8-4-7-15(24)25)17(26)21-18-20-11-23(22-18)10-13-5-3-6-14(19)9-13/h3,5-6,9,11-12,16H,4,7-8,10H2,1-2H3,(H,21,22,26). The average Bonchev–Trinajstić information content (AvgIpc) is 3.17. The van der Waals surface area contributed by atoms with Gasteiger partial charge >= 0.3 is 0 Å². The maximum absolute atomic E-state index is 12.7. The third kappa shape index (κ3) is 4.30. The summed E-state index contributed by atoms with van der Waals surface area (Å²) in [5.74, 6) is 0.0607. The molecule has 3 rings (SSSR count). The number of nitrogens with one attached hydrogen (secondary N) is 1. The van der Waals surface area contributed by atoms with Crippen molar-refractivity contribution < 1.29 is 9.59 Å². The Hall–Kier alpha value is -2.22. The van der Waals surface area contributed by atoms with Crippen molar-refractivity contribution in [1.29, 1.82) is 0 Å². The maximum atomic E-state index is 12.7. The lowest BCUT2D eigenvalue weighted by Crippen LogP contribution is -2.48. The SMILES string of the molecule is CC(C)C(C(=O)Nc1ncn(Cc2cccc(Br)c2)n1)N1CCCC1=O. The number of halogens is 1. The Morgan fingerprint density at radius 1 is 1.38 bits per heavy atom. The van der Waals surface area contributed by atoms with Crippen LogP contribution in [0.25, 0.3) is 0 Å². The van der Waals surface area contributed by atoms with Crippen molar-refractivity contribution in [1.82, 2.24) is 19.7 Å². The predicted molar refractivity (Wildman–Crippen MR) is 101 cm³/mol. The number of nitrogens with zero attached hydrogens (tertiary/aromatic N) is 4. The van der Waals surface area contributed by atoms with E-state index in [9.17, 15) is 9.59 Å². The fourth-order valence-corrected chi connectivity index (χ4v) is 3.65. The molecule has 1 aliphatic heterocycles. The van der Waals surface area contributed by atoms with Gasteiger partial charge in [0.15, 0.2) is 0 Å². The molecule has 1 saturated heterocycles. The van der Waals surface area contributed by atoms with Crippen LogP contribution in [0.3, 0.4) is 0 Å². The summed E-state index contributed by atoms with van der Waals surface area (Å²) in [7, 11) is 0. The quantitative estimate of drug-likeness (QED) is 0.780. The number of anilines is 1. The molecule has 0 radical (unpaired) electrons. The first-order chi connectivity index (χ1) is 12.4. The summed E-state index contributed by atoms with van der Waals surface area (Å²) in [6, 6.07) is 7.43. The maximum Gasteiger partial charge on any atom is 0.249 e. The Morgan fingerprint density at radius 2 is 2.19 bits per heavy atom. The van der Waals surface area contributed by atoms with Crippen molar-refractivity contribution in [3.05, 3.63) is 40.6 Å². The first kappa shape index (κ1) is 18.6. The van der Waals surface area contributed by atoms with E-state index in [0.717, 1.165) is 16.5 Å². The number of carbonyl (C=O) groups excluding carboxylic acids is 2. The van der Waals surface area contributed by atoms with E-state index in [0.29, 0.717) is 19.5 Å². The molecule has 0 saturated carbocycles. The number of amides is 2. The summed E-state index contributed by atoms with van der Waals surface area (Å²) in [6.07, 6.45) is 2.90. The molecule has 2 amide bonds. The zero-order chi connectivity index (χ0) is 18.7. The van der Waals surface area contributed by atoms with E-state index >= 15 is 0 Å². The highest BCUT2D eigenvalue weighted by molar-refractivity contribution is 9.10. The van der Waals surface area contributed by atoms with Gasteiger partial charge in [-0.15, -0.1) is 5.10 Å². The zero-order valence-electron chi connectivity index (χ0n) is 14.9. The minimum Gasteiger partial charge on any atom is -0.330 e. The van der Waals surface area contributed by atoms with E-state index in [4.69, 9.17) is 0 Å². The lowest BCUT2D eigenvalue weighted by Gasteiger charge is -2.29. The highest BCUT2D eigenvalue weighted by Gasteiger charge is 2.35. The van der Waals surface area contributed by atoms with E-state index < -0.39 is 6.04 Å². The lowest BCUT2D eigenvalue weighted by atomic mass is 10.0. The smallest absolute Gasteiger partial charge is 0.249 e. The minimum absolute atomic E-state index is 0.0146. The molecule has 1 atom stereocenters. The van der Waals surface area contributed by atoms with Crippen LogP contribution < -0.4 is 5.32 Å². The molecular weight excluding hydrogens is 398 g/mol. The summed E-state index contributed by atoms with van der Waals surface area (Å²) < 4.78 is 2.67. The first-order valence-corrected chi connectivity index (χ1v) is 9.47. The molecule has 7 nitrogen and oxygen atoms in total. The molecule has 0 bridgehead atoms. The molecule has 26 heavy (non-hydrogen) atoms. The van der Waals surface area contributed by atoms with Gasteiger partial charge in [0.05, 0.1) is 6.54 Å². The van der Waals surface area contributed by atoms with Crippen LogP contribution in [0.2, 0.25) is 0 Å². The molecular formula is C18H22BrN5O2. The van der Waals surface area contributed by atoms with Gasteiger partial charge in [-0.2, -0.15) is 0 Å². The summed E-state index contributed by atoms with van der Waals surface area (Å²) in [5.41, 5.74) is 1.07. The highest BCUT2D eigenvalue weighted by Crippen LogP contribution is 2.20. The molecule has 1 aliphatic rings. The van der Waals surface area contributed by atoms with Crippen LogP contribution in [-0.2, 0) is 16.1 Å². The number of hydrogen-bond donors (Lipinski definition) is 1. The lowest BCUT2D eigenvalue weighted by molar-refractivity contribution is -0.136. The first-order valence-electron chi connectivity index (χ1n) is 8.68. The number of likely N-dealkylation sites (tertiary alicyclic amines) is 1. The zero-order valence-corrected chi connectivity index (χ0v) is 16.4. The minimum atomic E-state index is -0.498. The molecule has 2 heterocycles. The van der Waals surface area contributed by atoms with Crippen LogP contribution in [0.15, 0.2) is 35.1 Å². The highest BCUT2D eigenvalue weighted by atomic mass is 79.9. The number of rotatable bonds is 6. The fourth-order valence-electron chi connectivity index (χ4n) is 3.20. The van der Waals surface area contributed by atoms with Crippen molar-refractivity contribution in [3.8, 4) is 0 Å². The van der Waals surface area contributed by atoms with Crippen molar-refractivity contribution in [3.63, 3.8) is 0 Å². The topological polar surface area (TPSA) is 80.1 Å². The van der Waals surface area contributed by atoms with E-state index in [2.05, 4.69) is 31.3 Å².